The number of unbranched alkanes of at least 4 members (excludes halogenated alkanes) is 2. The van der Waals surface area contributed by atoms with Crippen molar-refractivity contribution >= 4 is 11.6 Å². The van der Waals surface area contributed by atoms with Crippen LogP contribution in [0, 0.1) is 0 Å². The first-order valence-corrected chi connectivity index (χ1v) is 6.38. The maximum atomic E-state index is 11.9. The van der Waals surface area contributed by atoms with Gasteiger partial charge in [0.2, 0.25) is 0 Å². The van der Waals surface area contributed by atoms with Gasteiger partial charge in [0, 0.05) is 13.2 Å². The summed E-state index contributed by atoms with van der Waals surface area (Å²) < 4.78 is 2.25. The predicted molar refractivity (Wildman–Crippen MR) is 72.2 cm³/mol. The van der Waals surface area contributed by atoms with E-state index < -0.39 is 11.6 Å². The molecule has 0 saturated carbocycles. The van der Waals surface area contributed by atoms with E-state index in [1.54, 1.807) is 6.20 Å². The Morgan fingerprint density at radius 1 is 1.50 bits per heavy atom. The molecule has 8 heteroatoms. The second kappa shape index (κ2) is 6.09. The molecule has 0 aromatic carbocycles. The SMILES string of the molecule is CCCC/C=C\NC(=O)c1ncn2c(=O)n(C)nnc12. The van der Waals surface area contributed by atoms with Crippen molar-refractivity contribution in [2.75, 3.05) is 0 Å². The molecular weight excluding hydrogens is 260 g/mol. The van der Waals surface area contributed by atoms with Crippen LogP contribution in [0.4, 0.5) is 0 Å². The molecule has 0 aliphatic carbocycles. The Balaban J connectivity index is 2.17. The summed E-state index contributed by atoms with van der Waals surface area (Å²) in [5.41, 5.74) is -0.178. The molecule has 0 aliphatic heterocycles. The summed E-state index contributed by atoms with van der Waals surface area (Å²) in [7, 11) is 1.48. The van der Waals surface area contributed by atoms with Gasteiger partial charge in [0.15, 0.2) is 11.3 Å². The quantitative estimate of drug-likeness (QED) is 0.790. The molecule has 0 bridgehead atoms. The predicted octanol–water partition coefficient (Wildman–Crippen LogP) is 0.257. The van der Waals surface area contributed by atoms with Crippen molar-refractivity contribution < 1.29 is 4.79 Å². The van der Waals surface area contributed by atoms with Gasteiger partial charge in [0.05, 0.1) is 0 Å². The number of aryl methyl sites for hydroxylation is 1. The highest BCUT2D eigenvalue weighted by Crippen LogP contribution is 2.02. The van der Waals surface area contributed by atoms with E-state index in [1.807, 2.05) is 6.08 Å². The van der Waals surface area contributed by atoms with E-state index in [4.69, 9.17) is 0 Å². The first-order chi connectivity index (χ1) is 9.65. The molecule has 0 saturated heterocycles. The molecule has 0 aliphatic rings. The summed E-state index contributed by atoms with van der Waals surface area (Å²) in [6.45, 7) is 2.10. The minimum Gasteiger partial charge on any atom is -0.327 e. The van der Waals surface area contributed by atoms with Crippen LogP contribution >= 0.6 is 0 Å². The molecule has 0 radical (unpaired) electrons. The van der Waals surface area contributed by atoms with Gasteiger partial charge in [-0.05, 0) is 6.42 Å². The number of aromatic nitrogens is 5. The minimum absolute atomic E-state index is 0.0790. The third-order valence-corrected chi connectivity index (χ3v) is 2.77. The average molecular weight is 276 g/mol. The van der Waals surface area contributed by atoms with Crippen molar-refractivity contribution in [3.8, 4) is 0 Å². The minimum atomic E-state index is -0.414. The summed E-state index contributed by atoms with van der Waals surface area (Å²) in [4.78, 5) is 27.6. The van der Waals surface area contributed by atoms with Crippen LogP contribution in [0.5, 0.6) is 0 Å². The largest absolute Gasteiger partial charge is 0.352 e. The molecule has 8 nitrogen and oxygen atoms in total. The van der Waals surface area contributed by atoms with Crippen LogP contribution in [-0.2, 0) is 7.05 Å². The summed E-state index contributed by atoms with van der Waals surface area (Å²) >= 11 is 0. The summed E-state index contributed by atoms with van der Waals surface area (Å²) in [5, 5.41) is 10.0. The second-order valence-electron chi connectivity index (χ2n) is 4.30. The van der Waals surface area contributed by atoms with Crippen molar-refractivity contribution in [1.82, 2.24) is 29.7 Å². The Morgan fingerprint density at radius 2 is 2.30 bits per heavy atom. The van der Waals surface area contributed by atoms with Crippen LogP contribution in [-0.4, -0.2) is 30.3 Å². The lowest BCUT2D eigenvalue weighted by molar-refractivity contribution is 0.0967. The van der Waals surface area contributed by atoms with Crippen LogP contribution in [0.25, 0.3) is 5.65 Å². The fourth-order valence-corrected chi connectivity index (χ4v) is 1.65. The van der Waals surface area contributed by atoms with Crippen LogP contribution in [0.3, 0.4) is 0 Å². The van der Waals surface area contributed by atoms with Gasteiger partial charge in [-0.3, -0.25) is 4.79 Å². The van der Waals surface area contributed by atoms with Gasteiger partial charge in [-0.25, -0.2) is 14.2 Å². The third-order valence-electron chi connectivity index (χ3n) is 2.77. The van der Waals surface area contributed by atoms with Gasteiger partial charge in [0.1, 0.15) is 6.33 Å². The number of fused-ring (bicyclic) bond motifs is 1. The van der Waals surface area contributed by atoms with Crippen LogP contribution in [0.15, 0.2) is 23.4 Å². The molecule has 106 valence electrons. The Kier molecular flexibility index (Phi) is 4.24. The fourth-order valence-electron chi connectivity index (χ4n) is 1.65. The van der Waals surface area contributed by atoms with Crippen molar-refractivity contribution in [2.24, 2.45) is 7.05 Å². The molecule has 0 unspecified atom stereocenters. The van der Waals surface area contributed by atoms with Crippen molar-refractivity contribution in [1.29, 1.82) is 0 Å². The lowest BCUT2D eigenvalue weighted by Crippen LogP contribution is -2.27. The maximum absolute atomic E-state index is 11.9. The summed E-state index contributed by atoms with van der Waals surface area (Å²) in [6.07, 6.45) is 7.80. The number of allylic oxidation sites excluding steroid dienone is 1. The number of nitrogens with one attached hydrogen (secondary N) is 1. The zero-order valence-electron chi connectivity index (χ0n) is 11.4. The lowest BCUT2D eigenvalue weighted by Gasteiger charge is -1.98. The van der Waals surface area contributed by atoms with E-state index in [9.17, 15) is 9.59 Å². The highest BCUT2D eigenvalue weighted by molar-refractivity contribution is 5.98. The maximum Gasteiger partial charge on any atom is 0.352 e. The first kappa shape index (κ1) is 13.9. The average Bonchev–Trinajstić information content (AvgIpc) is 2.87. The number of imidazole rings is 1. The Bertz CT molecular complexity index is 700. The molecule has 2 heterocycles. The number of nitrogens with zero attached hydrogens (tertiary/aromatic N) is 5. The number of carbonyl (C=O) groups is 1. The van der Waals surface area contributed by atoms with E-state index >= 15 is 0 Å². The summed E-state index contributed by atoms with van der Waals surface area (Å²) in [6, 6.07) is 0. The molecule has 20 heavy (non-hydrogen) atoms. The van der Waals surface area contributed by atoms with Gasteiger partial charge in [-0.15, -0.1) is 5.10 Å². The molecule has 2 rings (SSSR count). The van der Waals surface area contributed by atoms with E-state index in [-0.39, 0.29) is 11.3 Å². The molecular formula is C12H16N6O2. The zero-order chi connectivity index (χ0) is 14.5. The Labute approximate surface area is 115 Å². The molecule has 2 aromatic heterocycles. The van der Waals surface area contributed by atoms with Crippen molar-refractivity contribution in [2.45, 2.75) is 26.2 Å². The number of rotatable bonds is 5. The topological polar surface area (TPSA) is 94.2 Å². The van der Waals surface area contributed by atoms with E-state index in [1.165, 1.54) is 17.8 Å². The van der Waals surface area contributed by atoms with Crippen LogP contribution < -0.4 is 11.0 Å². The normalized spacial score (nSPS) is 11.3. The molecule has 1 N–H and O–H groups in total. The van der Waals surface area contributed by atoms with Gasteiger partial charge in [-0.1, -0.05) is 31.1 Å². The lowest BCUT2D eigenvalue weighted by atomic mass is 10.2. The Hall–Kier alpha value is -2.51. The fraction of sp³-hybridized carbons (Fsp3) is 0.417. The monoisotopic (exact) mass is 276 g/mol. The molecule has 2 aromatic rings. The number of hydrogen-bond donors (Lipinski definition) is 1. The van der Waals surface area contributed by atoms with E-state index in [2.05, 4.69) is 27.5 Å². The molecule has 0 fully saturated rings. The van der Waals surface area contributed by atoms with Crippen LogP contribution in [0.1, 0.15) is 36.7 Å². The Morgan fingerprint density at radius 3 is 3.05 bits per heavy atom. The van der Waals surface area contributed by atoms with E-state index in [0.717, 1.165) is 23.9 Å². The van der Waals surface area contributed by atoms with Crippen molar-refractivity contribution in [3.63, 3.8) is 0 Å². The number of amides is 1. The summed E-state index contributed by atoms with van der Waals surface area (Å²) in [5.74, 6) is -0.414. The smallest absolute Gasteiger partial charge is 0.327 e. The molecule has 0 atom stereocenters. The first-order valence-electron chi connectivity index (χ1n) is 6.38. The number of carbonyl (C=O) groups excluding carboxylic acids is 1. The van der Waals surface area contributed by atoms with E-state index in [0.29, 0.717) is 0 Å². The zero-order valence-corrected chi connectivity index (χ0v) is 11.4. The molecule has 1 amide bonds. The highest BCUT2D eigenvalue weighted by Gasteiger charge is 2.15. The van der Waals surface area contributed by atoms with Gasteiger partial charge in [0.25, 0.3) is 5.91 Å². The second-order valence-corrected chi connectivity index (χ2v) is 4.30. The third kappa shape index (κ3) is 2.73. The highest BCUT2D eigenvalue weighted by atomic mass is 16.2. The van der Waals surface area contributed by atoms with Crippen molar-refractivity contribution in [3.05, 3.63) is 34.8 Å². The van der Waals surface area contributed by atoms with Gasteiger partial charge in [-0.2, -0.15) is 4.68 Å². The van der Waals surface area contributed by atoms with Crippen LogP contribution in [0.2, 0.25) is 0 Å². The standard InChI is InChI=1S/C12H16N6O2/c1-3-4-5-6-7-13-11(19)9-10-15-16-17(2)12(20)18(10)8-14-9/h6-8H,3-5H2,1-2H3,(H,13,19)/b7-6-. The van der Waals surface area contributed by atoms with Gasteiger partial charge < -0.3 is 5.32 Å². The number of hydrogen-bond acceptors (Lipinski definition) is 5. The molecule has 0 spiro atoms. The van der Waals surface area contributed by atoms with Gasteiger partial charge >= 0.3 is 5.69 Å².